The van der Waals surface area contributed by atoms with E-state index in [9.17, 15) is 4.79 Å². The van der Waals surface area contributed by atoms with Crippen LogP contribution in [-0.2, 0) is 6.42 Å². The third kappa shape index (κ3) is 5.99. The first-order valence-corrected chi connectivity index (χ1v) is 11.1. The number of ether oxygens (including phenoxy) is 1. The summed E-state index contributed by atoms with van der Waals surface area (Å²) in [6.07, 6.45) is 3.46. The quantitative estimate of drug-likeness (QED) is 0.636. The SMILES string of the molecule is CCN(CC)C(=O)c1cccc(NC(Cc2cccc(OC)c2)CN2CCCC2)c1. The van der Waals surface area contributed by atoms with E-state index in [0.29, 0.717) is 0 Å². The molecule has 0 aromatic heterocycles. The molecule has 1 fully saturated rings. The minimum Gasteiger partial charge on any atom is -0.497 e. The maximum absolute atomic E-state index is 12.8. The van der Waals surface area contributed by atoms with Crippen molar-refractivity contribution in [3.63, 3.8) is 0 Å². The fourth-order valence-electron chi connectivity index (χ4n) is 4.19. The molecule has 1 N–H and O–H groups in total. The van der Waals surface area contributed by atoms with E-state index in [1.165, 1.54) is 18.4 Å². The molecule has 1 heterocycles. The first-order valence-electron chi connectivity index (χ1n) is 11.1. The van der Waals surface area contributed by atoms with Crippen molar-refractivity contribution in [2.45, 2.75) is 39.2 Å². The van der Waals surface area contributed by atoms with Crippen LogP contribution >= 0.6 is 0 Å². The number of methoxy groups -OCH3 is 1. The van der Waals surface area contributed by atoms with Gasteiger partial charge in [-0.1, -0.05) is 18.2 Å². The van der Waals surface area contributed by atoms with E-state index in [1.54, 1.807) is 7.11 Å². The Morgan fingerprint density at radius 2 is 1.83 bits per heavy atom. The normalized spacial score (nSPS) is 15.0. The van der Waals surface area contributed by atoms with Crippen molar-refractivity contribution < 1.29 is 9.53 Å². The molecule has 0 saturated carbocycles. The van der Waals surface area contributed by atoms with Crippen molar-refractivity contribution in [3.05, 3.63) is 59.7 Å². The number of nitrogens with zero attached hydrogens (tertiary/aromatic N) is 2. The monoisotopic (exact) mass is 409 g/mol. The van der Waals surface area contributed by atoms with Crippen LogP contribution in [0.2, 0.25) is 0 Å². The van der Waals surface area contributed by atoms with Gasteiger partial charge in [0, 0.05) is 36.9 Å². The lowest BCUT2D eigenvalue weighted by molar-refractivity contribution is 0.0773. The molecular weight excluding hydrogens is 374 g/mol. The molecule has 3 rings (SSSR count). The molecule has 162 valence electrons. The highest BCUT2D eigenvalue weighted by Crippen LogP contribution is 2.19. The van der Waals surface area contributed by atoms with Gasteiger partial charge in [0.1, 0.15) is 5.75 Å². The molecule has 1 saturated heterocycles. The summed E-state index contributed by atoms with van der Waals surface area (Å²) < 4.78 is 5.40. The standard InChI is InChI=1S/C25H35N3O2/c1-4-28(5-2)25(29)21-11-9-12-22(18-21)26-23(19-27-14-6-7-15-27)16-20-10-8-13-24(17-20)30-3/h8-13,17-18,23,26H,4-7,14-16,19H2,1-3H3. The molecular formula is C25H35N3O2. The van der Waals surface area contributed by atoms with Crippen LogP contribution in [0.25, 0.3) is 0 Å². The zero-order chi connectivity index (χ0) is 21.3. The van der Waals surface area contributed by atoms with Crippen LogP contribution in [-0.4, -0.2) is 61.6 Å². The molecule has 0 radical (unpaired) electrons. The second-order valence-electron chi connectivity index (χ2n) is 7.96. The first-order chi connectivity index (χ1) is 14.6. The van der Waals surface area contributed by atoms with Gasteiger partial charge < -0.3 is 19.9 Å². The zero-order valence-electron chi connectivity index (χ0n) is 18.6. The summed E-state index contributed by atoms with van der Waals surface area (Å²) >= 11 is 0. The molecule has 5 nitrogen and oxygen atoms in total. The number of likely N-dealkylation sites (tertiary alicyclic amines) is 1. The second-order valence-corrected chi connectivity index (χ2v) is 7.96. The lowest BCUT2D eigenvalue weighted by atomic mass is 10.0. The van der Waals surface area contributed by atoms with Crippen molar-refractivity contribution in [1.82, 2.24) is 9.80 Å². The second kappa shape index (κ2) is 11.0. The Labute approximate surface area is 181 Å². The van der Waals surface area contributed by atoms with Gasteiger partial charge in [0.25, 0.3) is 5.91 Å². The topological polar surface area (TPSA) is 44.8 Å². The number of nitrogens with one attached hydrogen (secondary N) is 1. The van der Waals surface area contributed by atoms with Crippen molar-refractivity contribution in [3.8, 4) is 5.75 Å². The van der Waals surface area contributed by atoms with Crippen LogP contribution in [0, 0.1) is 0 Å². The highest BCUT2D eigenvalue weighted by atomic mass is 16.5. The lowest BCUT2D eigenvalue weighted by Crippen LogP contribution is -2.36. The molecule has 1 unspecified atom stereocenters. The fourth-order valence-corrected chi connectivity index (χ4v) is 4.19. The number of rotatable bonds is 10. The summed E-state index contributed by atoms with van der Waals surface area (Å²) in [4.78, 5) is 17.1. The van der Waals surface area contributed by atoms with Crippen molar-refractivity contribution in [2.24, 2.45) is 0 Å². The van der Waals surface area contributed by atoms with Gasteiger partial charge in [-0.25, -0.2) is 0 Å². The zero-order valence-corrected chi connectivity index (χ0v) is 18.6. The van der Waals surface area contributed by atoms with Gasteiger partial charge in [-0.2, -0.15) is 0 Å². The Morgan fingerprint density at radius 3 is 2.53 bits per heavy atom. The molecule has 5 heteroatoms. The van der Waals surface area contributed by atoms with Crippen LogP contribution in [0.5, 0.6) is 5.75 Å². The van der Waals surface area contributed by atoms with Crippen LogP contribution < -0.4 is 10.1 Å². The molecule has 1 aliphatic heterocycles. The Bertz CT molecular complexity index is 814. The third-order valence-corrected chi connectivity index (χ3v) is 5.82. The van der Waals surface area contributed by atoms with Crippen molar-refractivity contribution in [2.75, 3.05) is 45.2 Å². The van der Waals surface area contributed by atoms with Crippen LogP contribution in [0.1, 0.15) is 42.6 Å². The van der Waals surface area contributed by atoms with Crippen LogP contribution in [0.4, 0.5) is 5.69 Å². The van der Waals surface area contributed by atoms with Gasteiger partial charge >= 0.3 is 0 Å². The fraction of sp³-hybridized carbons (Fsp3) is 0.480. The Hall–Kier alpha value is -2.53. The Kier molecular flexibility index (Phi) is 8.14. The number of anilines is 1. The van der Waals surface area contributed by atoms with E-state index in [2.05, 4.69) is 28.4 Å². The van der Waals surface area contributed by atoms with Gasteiger partial charge in [-0.15, -0.1) is 0 Å². The number of amides is 1. The molecule has 1 aliphatic rings. The highest BCUT2D eigenvalue weighted by Gasteiger charge is 2.19. The number of hydrogen-bond acceptors (Lipinski definition) is 4. The van der Waals surface area contributed by atoms with Gasteiger partial charge in [-0.05, 0) is 82.1 Å². The predicted molar refractivity (Wildman–Crippen MR) is 123 cm³/mol. The van der Waals surface area contributed by atoms with E-state index in [-0.39, 0.29) is 11.9 Å². The number of hydrogen-bond donors (Lipinski definition) is 1. The predicted octanol–water partition coefficient (Wildman–Crippen LogP) is 4.30. The summed E-state index contributed by atoms with van der Waals surface area (Å²) in [5, 5.41) is 3.71. The molecule has 1 atom stereocenters. The molecule has 2 aromatic carbocycles. The summed E-state index contributed by atoms with van der Waals surface area (Å²) in [6.45, 7) is 8.80. The van der Waals surface area contributed by atoms with Crippen LogP contribution in [0.15, 0.2) is 48.5 Å². The van der Waals surface area contributed by atoms with Gasteiger partial charge in [0.05, 0.1) is 7.11 Å². The van der Waals surface area contributed by atoms with E-state index < -0.39 is 0 Å². The van der Waals surface area contributed by atoms with E-state index in [1.807, 2.05) is 49.1 Å². The number of carbonyl (C=O) groups excluding carboxylic acids is 1. The third-order valence-electron chi connectivity index (χ3n) is 5.82. The maximum atomic E-state index is 12.8. The van der Waals surface area contributed by atoms with Crippen LogP contribution in [0.3, 0.4) is 0 Å². The smallest absolute Gasteiger partial charge is 0.253 e. The highest BCUT2D eigenvalue weighted by molar-refractivity contribution is 5.95. The van der Waals surface area contributed by atoms with Gasteiger partial charge in [0.15, 0.2) is 0 Å². The minimum absolute atomic E-state index is 0.0903. The summed E-state index contributed by atoms with van der Waals surface area (Å²) in [5.41, 5.74) is 2.99. The van der Waals surface area contributed by atoms with E-state index in [0.717, 1.165) is 56.1 Å². The first kappa shape index (κ1) is 22.2. The summed E-state index contributed by atoms with van der Waals surface area (Å²) in [5.74, 6) is 0.978. The van der Waals surface area contributed by atoms with Crippen molar-refractivity contribution in [1.29, 1.82) is 0 Å². The van der Waals surface area contributed by atoms with E-state index in [4.69, 9.17) is 4.74 Å². The molecule has 2 aromatic rings. The molecule has 30 heavy (non-hydrogen) atoms. The largest absolute Gasteiger partial charge is 0.497 e. The van der Waals surface area contributed by atoms with Gasteiger partial charge in [0.2, 0.25) is 0 Å². The number of carbonyl (C=O) groups is 1. The molecule has 0 spiro atoms. The average molecular weight is 410 g/mol. The summed E-state index contributed by atoms with van der Waals surface area (Å²) in [6, 6.07) is 16.5. The van der Waals surface area contributed by atoms with Gasteiger partial charge in [-0.3, -0.25) is 4.79 Å². The Morgan fingerprint density at radius 1 is 1.10 bits per heavy atom. The maximum Gasteiger partial charge on any atom is 0.253 e. The number of benzene rings is 2. The molecule has 0 aliphatic carbocycles. The Balaban J connectivity index is 1.76. The summed E-state index contributed by atoms with van der Waals surface area (Å²) in [7, 11) is 1.71. The van der Waals surface area contributed by atoms with E-state index >= 15 is 0 Å². The van der Waals surface area contributed by atoms with Crippen molar-refractivity contribution >= 4 is 11.6 Å². The minimum atomic E-state index is 0.0903. The molecule has 1 amide bonds. The average Bonchev–Trinajstić information content (AvgIpc) is 3.28. The lowest BCUT2D eigenvalue weighted by Gasteiger charge is -2.26. The molecule has 0 bridgehead atoms.